The normalized spacial score (nSPS) is 13.5. The van der Waals surface area contributed by atoms with Crippen LogP contribution < -0.4 is 11.3 Å². The molecule has 2 rings (SSSR count). The summed E-state index contributed by atoms with van der Waals surface area (Å²) in [6, 6.07) is 4.89. The molecule has 3 N–H and O–H groups in total. The molecular weight excluding hydrogens is 257 g/mol. The predicted octanol–water partition coefficient (Wildman–Crippen LogP) is 3.16. The summed E-state index contributed by atoms with van der Waals surface area (Å²) in [4.78, 5) is 0. The van der Waals surface area contributed by atoms with Crippen LogP contribution in [0.4, 0.5) is 13.2 Å². The Balaban J connectivity index is 2.40. The van der Waals surface area contributed by atoms with Crippen molar-refractivity contribution in [3.05, 3.63) is 59.0 Å². The fourth-order valence-electron chi connectivity index (χ4n) is 1.98. The van der Waals surface area contributed by atoms with E-state index in [9.17, 15) is 13.2 Å². The minimum Gasteiger partial charge on any atom is -0.472 e. The van der Waals surface area contributed by atoms with Gasteiger partial charge in [-0.2, -0.15) is 13.2 Å². The van der Waals surface area contributed by atoms with Gasteiger partial charge in [-0.15, -0.1) is 0 Å². The largest absolute Gasteiger partial charge is 0.472 e. The summed E-state index contributed by atoms with van der Waals surface area (Å²) in [5, 5.41) is 0. The molecule has 0 radical (unpaired) electrons. The number of nitrogens with two attached hydrogens (primary N) is 1. The molecule has 1 aromatic heterocycles. The second kappa shape index (κ2) is 5.07. The van der Waals surface area contributed by atoms with Crippen LogP contribution in [0.5, 0.6) is 0 Å². The van der Waals surface area contributed by atoms with Gasteiger partial charge in [-0.05, 0) is 36.2 Å². The lowest BCUT2D eigenvalue weighted by Crippen LogP contribution is -2.29. The topological polar surface area (TPSA) is 51.2 Å². The first-order valence-electron chi connectivity index (χ1n) is 5.59. The first kappa shape index (κ1) is 13.6. The van der Waals surface area contributed by atoms with Crippen molar-refractivity contribution in [2.45, 2.75) is 19.1 Å². The molecule has 3 nitrogen and oxygen atoms in total. The number of nitrogens with one attached hydrogen (secondary N) is 1. The van der Waals surface area contributed by atoms with Gasteiger partial charge in [0.05, 0.1) is 24.1 Å². The molecule has 0 aliphatic carbocycles. The van der Waals surface area contributed by atoms with Gasteiger partial charge in [0.1, 0.15) is 0 Å². The zero-order valence-corrected chi connectivity index (χ0v) is 10.2. The molecule has 6 heteroatoms. The van der Waals surface area contributed by atoms with E-state index in [4.69, 9.17) is 10.3 Å². The second-order valence-electron chi connectivity index (χ2n) is 4.23. The summed E-state index contributed by atoms with van der Waals surface area (Å²) in [5.41, 5.74) is 3.85. The van der Waals surface area contributed by atoms with Crippen molar-refractivity contribution in [3.63, 3.8) is 0 Å². The molecular formula is C13H13F3N2O. The Morgan fingerprint density at radius 3 is 2.47 bits per heavy atom. The average molecular weight is 270 g/mol. The fourth-order valence-corrected chi connectivity index (χ4v) is 1.98. The lowest BCUT2D eigenvalue weighted by Gasteiger charge is -2.18. The van der Waals surface area contributed by atoms with E-state index in [1.165, 1.54) is 18.6 Å². The van der Waals surface area contributed by atoms with Gasteiger partial charge in [0, 0.05) is 5.56 Å². The van der Waals surface area contributed by atoms with Crippen molar-refractivity contribution in [2.24, 2.45) is 5.84 Å². The SMILES string of the molecule is Cc1cc(C(F)(F)F)ccc1C(NN)c1ccoc1. The van der Waals surface area contributed by atoms with Gasteiger partial charge in [-0.25, -0.2) is 5.43 Å². The Labute approximate surface area is 108 Å². The lowest BCUT2D eigenvalue weighted by molar-refractivity contribution is -0.137. The van der Waals surface area contributed by atoms with Crippen molar-refractivity contribution in [3.8, 4) is 0 Å². The highest BCUT2D eigenvalue weighted by Crippen LogP contribution is 2.32. The number of benzene rings is 1. The molecule has 0 aliphatic rings. The Hall–Kier alpha value is -1.79. The minimum absolute atomic E-state index is 0.402. The molecule has 0 saturated carbocycles. The molecule has 0 saturated heterocycles. The van der Waals surface area contributed by atoms with Gasteiger partial charge in [0.2, 0.25) is 0 Å². The van der Waals surface area contributed by atoms with Crippen LogP contribution in [0.1, 0.15) is 28.3 Å². The van der Waals surface area contributed by atoms with E-state index in [1.807, 2.05) is 0 Å². The van der Waals surface area contributed by atoms with Gasteiger partial charge in [-0.1, -0.05) is 6.07 Å². The molecule has 0 fully saturated rings. The molecule has 0 aliphatic heterocycles. The maximum Gasteiger partial charge on any atom is 0.416 e. The standard InChI is InChI=1S/C13H13F3N2O/c1-8-6-10(13(14,15)16)2-3-11(8)12(18-17)9-4-5-19-7-9/h2-7,12,18H,17H2,1H3. The Morgan fingerprint density at radius 2 is 2.00 bits per heavy atom. The van der Waals surface area contributed by atoms with Crippen LogP contribution in [0.2, 0.25) is 0 Å². The van der Waals surface area contributed by atoms with E-state index in [-0.39, 0.29) is 0 Å². The molecule has 0 spiro atoms. The number of hydrazine groups is 1. The summed E-state index contributed by atoms with van der Waals surface area (Å²) in [5.74, 6) is 5.47. The summed E-state index contributed by atoms with van der Waals surface area (Å²) in [6.07, 6.45) is -1.36. The molecule has 1 unspecified atom stereocenters. The van der Waals surface area contributed by atoms with E-state index in [0.29, 0.717) is 11.1 Å². The third-order valence-electron chi connectivity index (χ3n) is 2.95. The van der Waals surface area contributed by atoms with Crippen molar-refractivity contribution in [2.75, 3.05) is 0 Å². The quantitative estimate of drug-likeness (QED) is 0.665. The summed E-state index contributed by atoms with van der Waals surface area (Å²) in [7, 11) is 0. The molecule has 102 valence electrons. The fraction of sp³-hybridized carbons (Fsp3) is 0.231. The first-order valence-corrected chi connectivity index (χ1v) is 5.59. The van der Waals surface area contributed by atoms with Crippen LogP contribution in [0.15, 0.2) is 41.2 Å². The summed E-state index contributed by atoms with van der Waals surface area (Å²) >= 11 is 0. The molecule has 0 bridgehead atoms. The third kappa shape index (κ3) is 2.80. The van der Waals surface area contributed by atoms with Crippen molar-refractivity contribution >= 4 is 0 Å². The number of hydrogen-bond donors (Lipinski definition) is 2. The van der Waals surface area contributed by atoms with Gasteiger partial charge in [0.25, 0.3) is 0 Å². The highest BCUT2D eigenvalue weighted by molar-refractivity contribution is 5.38. The first-order chi connectivity index (χ1) is 8.93. The maximum absolute atomic E-state index is 12.6. The number of hydrogen-bond acceptors (Lipinski definition) is 3. The van der Waals surface area contributed by atoms with Crippen molar-refractivity contribution in [1.29, 1.82) is 0 Å². The van der Waals surface area contributed by atoms with Crippen LogP contribution >= 0.6 is 0 Å². The lowest BCUT2D eigenvalue weighted by atomic mass is 9.95. The predicted molar refractivity (Wildman–Crippen MR) is 64.1 cm³/mol. The van der Waals surface area contributed by atoms with Gasteiger partial charge in [0.15, 0.2) is 0 Å². The minimum atomic E-state index is -4.34. The number of aryl methyl sites for hydroxylation is 1. The van der Waals surface area contributed by atoms with Gasteiger partial charge >= 0.3 is 6.18 Å². The smallest absolute Gasteiger partial charge is 0.416 e. The number of halogens is 3. The Morgan fingerprint density at radius 1 is 1.26 bits per heavy atom. The van der Waals surface area contributed by atoms with Crippen LogP contribution in [0, 0.1) is 6.92 Å². The summed E-state index contributed by atoms with van der Waals surface area (Å²) in [6.45, 7) is 1.62. The molecule has 2 aromatic rings. The van der Waals surface area contributed by atoms with Crippen molar-refractivity contribution in [1.82, 2.24) is 5.43 Å². The van der Waals surface area contributed by atoms with E-state index < -0.39 is 17.8 Å². The van der Waals surface area contributed by atoms with E-state index in [0.717, 1.165) is 17.7 Å². The highest BCUT2D eigenvalue weighted by Gasteiger charge is 2.31. The van der Waals surface area contributed by atoms with E-state index in [2.05, 4.69) is 5.43 Å². The summed E-state index contributed by atoms with van der Waals surface area (Å²) < 4.78 is 42.8. The van der Waals surface area contributed by atoms with Crippen LogP contribution in [0.25, 0.3) is 0 Å². The molecule has 19 heavy (non-hydrogen) atoms. The van der Waals surface area contributed by atoms with Crippen LogP contribution in [-0.4, -0.2) is 0 Å². The highest BCUT2D eigenvalue weighted by atomic mass is 19.4. The maximum atomic E-state index is 12.6. The van der Waals surface area contributed by atoms with Crippen LogP contribution in [0.3, 0.4) is 0 Å². The molecule has 0 amide bonds. The third-order valence-corrected chi connectivity index (χ3v) is 2.95. The average Bonchev–Trinajstić information content (AvgIpc) is 2.84. The zero-order chi connectivity index (χ0) is 14.0. The molecule has 1 heterocycles. The second-order valence-corrected chi connectivity index (χ2v) is 4.23. The molecule has 1 atom stereocenters. The number of rotatable bonds is 3. The van der Waals surface area contributed by atoms with E-state index in [1.54, 1.807) is 13.0 Å². The monoisotopic (exact) mass is 270 g/mol. The van der Waals surface area contributed by atoms with Gasteiger partial charge < -0.3 is 4.42 Å². The Bertz CT molecular complexity index is 550. The zero-order valence-electron chi connectivity index (χ0n) is 10.2. The van der Waals surface area contributed by atoms with E-state index >= 15 is 0 Å². The Kier molecular flexibility index (Phi) is 3.64. The van der Waals surface area contributed by atoms with Crippen molar-refractivity contribution < 1.29 is 17.6 Å². The number of furan rings is 1. The van der Waals surface area contributed by atoms with Crippen LogP contribution in [-0.2, 0) is 6.18 Å². The van der Waals surface area contributed by atoms with Gasteiger partial charge in [-0.3, -0.25) is 5.84 Å². The number of alkyl halides is 3. The molecule has 1 aromatic carbocycles.